The molecule has 2 fully saturated rings. The summed E-state index contributed by atoms with van der Waals surface area (Å²) in [4.78, 5) is 52.4. The lowest BCUT2D eigenvalue weighted by molar-refractivity contribution is -0.149. The Hall–Kier alpha value is -2.68. The number of hydrogen-bond donors (Lipinski definition) is 4. The number of phenolic OH excluding ortho intramolecular Hbond substituents is 2. The molecule has 2 aliphatic heterocycles. The third kappa shape index (κ3) is 6.78. The van der Waals surface area contributed by atoms with E-state index in [0.717, 1.165) is 0 Å². The normalized spacial score (nSPS) is 22.4. The van der Waals surface area contributed by atoms with Crippen LogP contribution in [-0.4, -0.2) is 89.1 Å². The van der Waals surface area contributed by atoms with E-state index in [-0.39, 0.29) is 47.7 Å². The van der Waals surface area contributed by atoms with Crippen molar-refractivity contribution in [2.24, 2.45) is 0 Å². The fourth-order valence-electron chi connectivity index (χ4n) is 4.51. The van der Waals surface area contributed by atoms with Crippen LogP contribution in [0.1, 0.15) is 34.7 Å². The minimum Gasteiger partial charge on any atom is -0.508 e. The van der Waals surface area contributed by atoms with Gasteiger partial charge in [0.2, 0.25) is 11.8 Å². The van der Waals surface area contributed by atoms with Crippen molar-refractivity contribution >= 4 is 68.9 Å². The molecule has 0 spiro atoms. The van der Waals surface area contributed by atoms with Gasteiger partial charge in [-0.15, -0.1) is 23.5 Å². The van der Waals surface area contributed by atoms with E-state index in [1.165, 1.54) is 67.0 Å². The first kappa shape index (κ1) is 30.3. The summed E-state index contributed by atoms with van der Waals surface area (Å²) in [6.07, 6.45) is 0.165. The second kappa shape index (κ2) is 13.8. The summed E-state index contributed by atoms with van der Waals surface area (Å²) in [5, 5.41) is 38.6. The van der Waals surface area contributed by atoms with Gasteiger partial charge in [-0.05, 0) is 12.1 Å². The number of aliphatic carboxylic acids is 2. The summed E-state index contributed by atoms with van der Waals surface area (Å²) in [7, 11) is 2.75. The number of nitrogens with zero attached hydrogens (tertiary/aromatic N) is 2. The molecule has 2 amide bonds. The molecule has 40 heavy (non-hydrogen) atoms. The number of carbonyl (C=O) groups is 4. The first-order valence-electron chi connectivity index (χ1n) is 12.3. The minimum atomic E-state index is -1.10. The lowest BCUT2D eigenvalue weighted by atomic mass is 10.1. The smallest absolute Gasteiger partial charge is 0.327 e. The highest BCUT2D eigenvalue weighted by molar-refractivity contribution is 8.76. The molecule has 2 aromatic carbocycles. The van der Waals surface area contributed by atoms with Crippen LogP contribution >= 0.6 is 45.1 Å². The number of thioether (sulfide) groups is 2. The van der Waals surface area contributed by atoms with Crippen LogP contribution < -0.4 is 0 Å². The van der Waals surface area contributed by atoms with E-state index in [4.69, 9.17) is 0 Å². The minimum absolute atomic E-state index is 0.00434. The van der Waals surface area contributed by atoms with Gasteiger partial charge in [-0.1, -0.05) is 58.0 Å². The number of para-hydroxylation sites is 2. The largest absolute Gasteiger partial charge is 0.508 e. The second-order valence-electron chi connectivity index (χ2n) is 8.94. The van der Waals surface area contributed by atoms with Gasteiger partial charge in [0.25, 0.3) is 0 Å². The molecule has 214 valence electrons. The van der Waals surface area contributed by atoms with Crippen LogP contribution in [0.4, 0.5) is 0 Å². The van der Waals surface area contributed by atoms with E-state index in [1.807, 2.05) is 0 Å². The predicted octanol–water partition coefficient (Wildman–Crippen LogP) is 4.01. The van der Waals surface area contributed by atoms with Crippen molar-refractivity contribution < 1.29 is 39.6 Å². The van der Waals surface area contributed by atoms with Gasteiger partial charge < -0.3 is 30.2 Å². The highest BCUT2D eigenvalue weighted by atomic mass is 33.1. The Balaban J connectivity index is 1.29. The van der Waals surface area contributed by atoms with Crippen LogP contribution in [0.15, 0.2) is 48.5 Å². The SMILES string of the molecule is O=C(O)[C@@H]1CS[C@H](c2ccccc2O)N1C(=O)CCSSCCC(=O)N1[C@@H](c2ccccc2O)SC[C@H]1C(=O)O. The standard InChI is InChI=1S/C26H28N2O8S4/c29-19-7-3-1-5-15(19)23-27(17(13-37-23)25(33)34)21(31)9-11-39-40-12-10-22(32)28-18(26(35)36)14-38-24(28)16-6-2-4-8-20(16)30/h1-8,17-18,23-24,29-30H,9-14H2,(H,33,34)(H,35,36)/t17-,18-,23+,24+/m0/s1. The van der Waals surface area contributed by atoms with Crippen molar-refractivity contribution in [2.45, 2.75) is 35.7 Å². The number of carbonyl (C=O) groups excluding carboxylic acids is 2. The number of amides is 2. The van der Waals surface area contributed by atoms with Gasteiger partial charge in [0.05, 0.1) is 0 Å². The summed E-state index contributed by atoms with van der Waals surface area (Å²) < 4.78 is 0. The fraction of sp³-hybridized carbons (Fsp3) is 0.385. The lowest BCUT2D eigenvalue weighted by Crippen LogP contribution is -2.43. The molecule has 10 nitrogen and oxygen atoms in total. The first-order valence-corrected chi connectivity index (χ1v) is 16.9. The summed E-state index contributed by atoms with van der Waals surface area (Å²) in [6, 6.07) is 11.2. The van der Waals surface area contributed by atoms with Crippen LogP contribution in [0.25, 0.3) is 0 Å². The molecule has 4 atom stereocenters. The Morgan fingerprint density at radius 1 is 0.700 bits per heavy atom. The summed E-state index contributed by atoms with van der Waals surface area (Å²) in [6.45, 7) is 0. The van der Waals surface area contributed by atoms with Crippen molar-refractivity contribution in [1.29, 1.82) is 0 Å². The maximum absolute atomic E-state index is 13.1. The van der Waals surface area contributed by atoms with Crippen LogP contribution in [0.2, 0.25) is 0 Å². The zero-order chi connectivity index (χ0) is 28.8. The Labute approximate surface area is 247 Å². The van der Waals surface area contributed by atoms with E-state index in [9.17, 15) is 39.6 Å². The summed E-state index contributed by atoms with van der Waals surface area (Å²) >= 11 is 2.59. The molecule has 2 saturated heterocycles. The maximum atomic E-state index is 13.1. The molecule has 0 bridgehead atoms. The summed E-state index contributed by atoms with van der Waals surface area (Å²) in [5.41, 5.74) is 0.985. The van der Waals surface area contributed by atoms with Crippen molar-refractivity contribution in [3.63, 3.8) is 0 Å². The fourth-order valence-corrected chi connectivity index (χ4v) is 9.41. The van der Waals surface area contributed by atoms with E-state index in [0.29, 0.717) is 22.6 Å². The topological polar surface area (TPSA) is 156 Å². The van der Waals surface area contributed by atoms with Gasteiger partial charge in [-0.3, -0.25) is 9.59 Å². The zero-order valence-corrected chi connectivity index (χ0v) is 24.4. The van der Waals surface area contributed by atoms with Crippen molar-refractivity contribution in [2.75, 3.05) is 23.0 Å². The molecule has 2 aromatic rings. The average Bonchev–Trinajstić information content (AvgIpc) is 3.56. The molecule has 4 rings (SSSR count). The third-order valence-electron chi connectivity index (χ3n) is 6.43. The number of hydrogen-bond acceptors (Lipinski definition) is 10. The predicted molar refractivity (Wildman–Crippen MR) is 157 cm³/mol. The molecular formula is C26H28N2O8S4. The zero-order valence-electron chi connectivity index (χ0n) is 21.1. The van der Waals surface area contributed by atoms with Gasteiger partial charge >= 0.3 is 11.9 Å². The molecule has 4 N–H and O–H groups in total. The van der Waals surface area contributed by atoms with E-state index in [1.54, 1.807) is 36.4 Å². The van der Waals surface area contributed by atoms with Crippen LogP contribution in [0.3, 0.4) is 0 Å². The molecule has 0 saturated carbocycles. The molecular weight excluding hydrogens is 597 g/mol. The third-order valence-corrected chi connectivity index (χ3v) is 11.5. The average molecular weight is 625 g/mol. The highest BCUT2D eigenvalue weighted by Crippen LogP contribution is 2.46. The molecule has 0 radical (unpaired) electrons. The van der Waals surface area contributed by atoms with Gasteiger partial charge in [-0.25, -0.2) is 9.59 Å². The Bertz CT molecular complexity index is 1170. The molecule has 2 heterocycles. The van der Waals surface area contributed by atoms with Gasteiger partial charge in [0.1, 0.15) is 34.3 Å². The monoisotopic (exact) mass is 624 g/mol. The van der Waals surface area contributed by atoms with E-state index < -0.39 is 34.8 Å². The maximum Gasteiger partial charge on any atom is 0.327 e. The first-order chi connectivity index (χ1) is 19.2. The van der Waals surface area contributed by atoms with Gasteiger partial charge in [-0.2, -0.15) is 0 Å². The van der Waals surface area contributed by atoms with Crippen LogP contribution in [0, 0.1) is 0 Å². The number of benzene rings is 2. The Morgan fingerprint density at radius 2 is 1.07 bits per heavy atom. The highest BCUT2D eigenvalue weighted by Gasteiger charge is 2.44. The van der Waals surface area contributed by atoms with Crippen molar-refractivity contribution in [1.82, 2.24) is 9.80 Å². The van der Waals surface area contributed by atoms with Crippen LogP contribution in [-0.2, 0) is 19.2 Å². The number of phenols is 2. The second-order valence-corrected chi connectivity index (χ2v) is 13.9. The number of rotatable bonds is 11. The summed E-state index contributed by atoms with van der Waals surface area (Å²) in [5.74, 6) is -1.64. The van der Waals surface area contributed by atoms with Crippen molar-refractivity contribution in [3.05, 3.63) is 59.7 Å². The molecule has 0 aliphatic carbocycles. The Morgan fingerprint density at radius 3 is 1.43 bits per heavy atom. The van der Waals surface area contributed by atoms with Crippen LogP contribution in [0.5, 0.6) is 11.5 Å². The number of carboxylic acid groups (broad SMARTS) is 2. The van der Waals surface area contributed by atoms with Gasteiger partial charge in [0, 0.05) is 47.0 Å². The lowest BCUT2D eigenvalue weighted by Gasteiger charge is -2.28. The van der Waals surface area contributed by atoms with E-state index >= 15 is 0 Å². The molecule has 2 aliphatic rings. The number of aromatic hydroxyl groups is 2. The van der Waals surface area contributed by atoms with E-state index in [2.05, 4.69) is 0 Å². The molecule has 0 aromatic heterocycles. The quantitative estimate of drug-likeness (QED) is 0.211. The van der Waals surface area contributed by atoms with Gasteiger partial charge in [0.15, 0.2) is 0 Å². The Kier molecular flexibility index (Phi) is 10.4. The van der Waals surface area contributed by atoms with Crippen molar-refractivity contribution in [3.8, 4) is 11.5 Å². The molecule has 0 unspecified atom stereocenters. The number of carboxylic acids is 2. The molecule has 14 heteroatoms.